The highest BCUT2D eigenvalue weighted by molar-refractivity contribution is 7.21. The lowest BCUT2D eigenvalue weighted by molar-refractivity contribution is -0.117. The third-order valence-corrected chi connectivity index (χ3v) is 5.37. The van der Waals surface area contributed by atoms with Gasteiger partial charge < -0.3 is 0 Å². The van der Waals surface area contributed by atoms with Gasteiger partial charge >= 0.3 is 0 Å². The van der Waals surface area contributed by atoms with E-state index in [-0.39, 0.29) is 12.1 Å². The Balaban J connectivity index is 1.61. The number of hydrogen-bond acceptors (Lipinski definition) is 8. The fourth-order valence-corrected chi connectivity index (χ4v) is 3.95. The van der Waals surface area contributed by atoms with Crippen LogP contribution in [0.1, 0.15) is 5.01 Å². The van der Waals surface area contributed by atoms with Gasteiger partial charge in [-0.15, -0.1) is 26.6 Å². The van der Waals surface area contributed by atoms with Crippen LogP contribution in [0.15, 0.2) is 41.2 Å². The molecule has 1 aromatic carbocycles. The summed E-state index contributed by atoms with van der Waals surface area (Å²) in [5.41, 5.74) is 0.655. The summed E-state index contributed by atoms with van der Waals surface area (Å²) in [6.07, 6.45) is 0. The molecule has 0 aliphatic carbocycles. The van der Waals surface area contributed by atoms with Crippen LogP contribution in [0.2, 0.25) is 0 Å². The Kier molecular flexibility index (Phi) is 4.27. The highest BCUT2D eigenvalue weighted by Gasteiger charge is 2.14. The van der Waals surface area contributed by atoms with E-state index < -0.39 is 5.91 Å². The average molecular weight is 384 g/mol. The molecule has 0 saturated carbocycles. The fraction of sp³-hybridized carbons (Fsp3) is 0.125. The maximum Gasteiger partial charge on any atom is 0.279 e. The molecule has 0 atom stereocenters. The van der Waals surface area contributed by atoms with E-state index in [4.69, 9.17) is 0 Å². The molecule has 0 aliphatic heterocycles. The third-order valence-electron chi connectivity index (χ3n) is 3.54. The summed E-state index contributed by atoms with van der Waals surface area (Å²) >= 11 is 2.65. The van der Waals surface area contributed by atoms with Crippen molar-refractivity contribution in [3.8, 4) is 10.4 Å². The Morgan fingerprint density at radius 1 is 1.15 bits per heavy atom. The molecule has 4 aromatic rings. The SMILES string of the molecule is Cc1nnc(NC(=O)Cn2nnc3sc(-c4ccccc4)cc3c2=O)s1. The predicted molar refractivity (Wildman–Crippen MR) is 100 cm³/mol. The second-order valence-electron chi connectivity index (χ2n) is 5.42. The van der Waals surface area contributed by atoms with Crippen LogP contribution in [0.25, 0.3) is 20.7 Å². The number of rotatable bonds is 4. The molecular formula is C16H12N6O2S2. The van der Waals surface area contributed by atoms with E-state index in [1.807, 2.05) is 30.3 Å². The van der Waals surface area contributed by atoms with Gasteiger partial charge in [0.25, 0.3) is 5.56 Å². The molecule has 3 heterocycles. The molecule has 10 heteroatoms. The minimum Gasteiger partial charge on any atom is -0.299 e. The second-order valence-corrected chi connectivity index (χ2v) is 7.63. The standard InChI is InChI=1S/C16H12N6O2S2/c1-9-18-20-16(25-9)17-13(23)8-22-15(24)11-7-12(26-14(11)19-21-22)10-5-3-2-4-6-10/h2-7H,8H2,1H3,(H,17,20,23). The van der Waals surface area contributed by atoms with Crippen molar-refractivity contribution in [1.82, 2.24) is 25.2 Å². The summed E-state index contributed by atoms with van der Waals surface area (Å²) in [4.78, 5) is 26.2. The number of fused-ring (bicyclic) bond motifs is 1. The first-order valence-electron chi connectivity index (χ1n) is 7.63. The molecule has 1 amide bonds. The van der Waals surface area contributed by atoms with Crippen molar-refractivity contribution in [2.45, 2.75) is 13.5 Å². The first-order valence-corrected chi connectivity index (χ1v) is 9.26. The molecule has 1 N–H and O–H groups in total. The van der Waals surface area contributed by atoms with Crippen LogP contribution in [0.5, 0.6) is 0 Å². The zero-order valence-electron chi connectivity index (χ0n) is 13.5. The number of carbonyl (C=O) groups excluding carboxylic acids is 1. The van der Waals surface area contributed by atoms with Crippen LogP contribution in [0.3, 0.4) is 0 Å². The quantitative estimate of drug-likeness (QED) is 0.579. The zero-order valence-corrected chi connectivity index (χ0v) is 15.2. The minimum absolute atomic E-state index is 0.239. The smallest absolute Gasteiger partial charge is 0.279 e. The number of nitrogens with one attached hydrogen (secondary N) is 1. The van der Waals surface area contributed by atoms with Crippen molar-refractivity contribution in [3.05, 3.63) is 51.8 Å². The number of aromatic nitrogens is 5. The Morgan fingerprint density at radius 2 is 1.96 bits per heavy atom. The van der Waals surface area contributed by atoms with Crippen LogP contribution >= 0.6 is 22.7 Å². The van der Waals surface area contributed by atoms with Crippen molar-refractivity contribution >= 4 is 43.9 Å². The largest absolute Gasteiger partial charge is 0.299 e. The Labute approximate surface area is 155 Å². The molecule has 0 aliphatic rings. The first kappa shape index (κ1) is 16.5. The monoisotopic (exact) mass is 384 g/mol. The summed E-state index contributed by atoms with van der Waals surface area (Å²) < 4.78 is 1.05. The topological polar surface area (TPSA) is 103 Å². The summed E-state index contributed by atoms with van der Waals surface area (Å²) in [6.45, 7) is 1.55. The lowest BCUT2D eigenvalue weighted by Crippen LogP contribution is -2.30. The number of benzene rings is 1. The molecule has 130 valence electrons. The van der Waals surface area contributed by atoms with Gasteiger partial charge in [-0.2, -0.15) is 0 Å². The van der Waals surface area contributed by atoms with Crippen LogP contribution in [-0.4, -0.2) is 31.1 Å². The Morgan fingerprint density at radius 3 is 2.69 bits per heavy atom. The molecule has 3 aromatic heterocycles. The van der Waals surface area contributed by atoms with Crippen LogP contribution in [-0.2, 0) is 11.3 Å². The lowest BCUT2D eigenvalue weighted by atomic mass is 10.2. The van der Waals surface area contributed by atoms with E-state index in [1.165, 1.54) is 22.7 Å². The molecule has 26 heavy (non-hydrogen) atoms. The lowest BCUT2D eigenvalue weighted by Gasteiger charge is -2.02. The van der Waals surface area contributed by atoms with Crippen molar-refractivity contribution in [3.63, 3.8) is 0 Å². The van der Waals surface area contributed by atoms with E-state index in [2.05, 4.69) is 25.8 Å². The number of amides is 1. The molecule has 0 spiro atoms. The van der Waals surface area contributed by atoms with Crippen LogP contribution in [0, 0.1) is 6.92 Å². The van der Waals surface area contributed by atoms with Gasteiger partial charge in [0.2, 0.25) is 11.0 Å². The summed E-state index contributed by atoms with van der Waals surface area (Å²) in [5.74, 6) is -0.407. The molecule has 4 rings (SSSR count). The summed E-state index contributed by atoms with van der Waals surface area (Å²) in [5, 5.41) is 19.8. The molecule has 0 radical (unpaired) electrons. The molecule has 0 unspecified atom stereocenters. The van der Waals surface area contributed by atoms with E-state index in [0.29, 0.717) is 15.3 Å². The van der Waals surface area contributed by atoms with Gasteiger partial charge in [-0.1, -0.05) is 46.9 Å². The number of anilines is 1. The van der Waals surface area contributed by atoms with Crippen molar-refractivity contribution in [2.24, 2.45) is 0 Å². The number of hydrogen-bond donors (Lipinski definition) is 1. The molecule has 8 nitrogen and oxygen atoms in total. The predicted octanol–water partition coefficient (Wildman–Crippen LogP) is 2.32. The van der Waals surface area contributed by atoms with Gasteiger partial charge in [0, 0.05) is 4.88 Å². The van der Waals surface area contributed by atoms with Crippen molar-refractivity contribution in [1.29, 1.82) is 0 Å². The Bertz CT molecular complexity index is 1150. The van der Waals surface area contributed by atoms with E-state index >= 15 is 0 Å². The number of aryl methyl sites for hydroxylation is 1. The highest BCUT2D eigenvalue weighted by Crippen LogP contribution is 2.30. The molecule has 0 fully saturated rings. The van der Waals surface area contributed by atoms with Crippen LogP contribution < -0.4 is 10.9 Å². The molecule has 0 saturated heterocycles. The maximum absolute atomic E-state index is 12.6. The van der Waals surface area contributed by atoms with Gasteiger partial charge in [-0.25, -0.2) is 4.68 Å². The van der Waals surface area contributed by atoms with Gasteiger partial charge in [0.05, 0.1) is 5.39 Å². The average Bonchev–Trinajstić information content (AvgIpc) is 3.25. The third kappa shape index (κ3) is 3.24. The fourth-order valence-electron chi connectivity index (χ4n) is 2.37. The Hall–Kier alpha value is -2.98. The number of thiophene rings is 1. The summed E-state index contributed by atoms with van der Waals surface area (Å²) in [6, 6.07) is 11.5. The minimum atomic E-state index is -0.407. The first-order chi connectivity index (χ1) is 12.6. The number of carbonyl (C=O) groups is 1. The van der Waals surface area contributed by atoms with Gasteiger partial charge in [-0.05, 0) is 18.6 Å². The van der Waals surface area contributed by atoms with E-state index in [1.54, 1.807) is 13.0 Å². The van der Waals surface area contributed by atoms with Gasteiger partial charge in [0.1, 0.15) is 11.6 Å². The van der Waals surface area contributed by atoms with Crippen molar-refractivity contribution in [2.75, 3.05) is 5.32 Å². The maximum atomic E-state index is 12.6. The van der Waals surface area contributed by atoms with E-state index in [0.717, 1.165) is 20.1 Å². The number of nitrogens with zero attached hydrogens (tertiary/aromatic N) is 5. The van der Waals surface area contributed by atoms with Crippen molar-refractivity contribution < 1.29 is 4.79 Å². The summed E-state index contributed by atoms with van der Waals surface area (Å²) in [7, 11) is 0. The normalized spacial score (nSPS) is 11.0. The zero-order chi connectivity index (χ0) is 18.1. The van der Waals surface area contributed by atoms with Gasteiger partial charge in [0.15, 0.2) is 4.83 Å². The van der Waals surface area contributed by atoms with Crippen LogP contribution in [0.4, 0.5) is 5.13 Å². The highest BCUT2D eigenvalue weighted by atomic mass is 32.1. The second kappa shape index (κ2) is 6.73. The molecule has 0 bridgehead atoms. The van der Waals surface area contributed by atoms with Gasteiger partial charge in [-0.3, -0.25) is 14.9 Å². The van der Waals surface area contributed by atoms with E-state index in [9.17, 15) is 9.59 Å². The molecular weight excluding hydrogens is 372 g/mol.